The van der Waals surface area contributed by atoms with E-state index in [-0.39, 0.29) is 18.9 Å². The Morgan fingerprint density at radius 3 is 2.45 bits per heavy atom. The highest BCUT2D eigenvalue weighted by Crippen LogP contribution is 2.25. The molecule has 1 N–H and O–H groups in total. The lowest BCUT2D eigenvalue weighted by molar-refractivity contribution is -0.147. The quantitative estimate of drug-likeness (QED) is 0.620. The molecule has 0 saturated carbocycles. The molecule has 0 bridgehead atoms. The standard InChI is InChI=1S/C23H26N2O6/c1-29-19-11-16(12-20(14-19)30-2)8-9-23(28)31-15-21(26)24-17-5-3-6-18(13-17)25-10-4-7-22(25)27/h3,5-6,11-14H,4,7-10,15H2,1-2H3,(H,24,26). The number of carbonyl (C=O) groups is 3. The predicted molar refractivity (Wildman–Crippen MR) is 115 cm³/mol. The number of carbonyl (C=O) groups excluding carboxylic acids is 3. The van der Waals surface area contributed by atoms with E-state index in [1.165, 1.54) is 0 Å². The Kier molecular flexibility index (Phi) is 7.48. The van der Waals surface area contributed by atoms with Gasteiger partial charge >= 0.3 is 5.97 Å². The monoisotopic (exact) mass is 426 g/mol. The molecule has 0 aromatic heterocycles. The molecular weight excluding hydrogens is 400 g/mol. The van der Waals surface area contributed by atoms with E-state index in [9.17, 15) is 14.4 Å². The fourth-order valence-electron chi connectivity index (χ4n) is 3.35. The van der Waals surface area contributed by atoms with Gasteiger partial charge in [-0.05, 0) is 48.7 Å². The van der Waals surface area contributed by atoms with Crippen molar-refractivity contribution in [2.75, 3.05) is 37.6 Å². The molecule has 1 heterocycles. The first-order valence-electron chi connectivity index (χ1n) is 10.1. The molecule has 2 aromatic rings. The van der Waals surface area contributed by atoms with E-state index >= 15 is 0 Å². The average molecular weight is 426 g/mol. The molecule has 3 rings (SSSR count). The van der Waals surface area contributed by atoms with Gasteiger partial charge in [-0.2, -0.15) is 0 Å². The molecule has 1 aliphatic rings. The van der Waals surface area contributed by atoms with Gasteiger partial charge in [-0.15, -0.1) is 0 Å². The highest BCUT2D eigenvalue weighted by molar-refractivity contribution is 5.97. The van der Waals surface area contributed by atoms with Gasteiger partial charge in [-0.25, -0.2) is 0 Å². The van der Waals surface area contributed by atoms with Crippen LogP contribution in [0.5, 0.6) is 11.5 Å². The highest BCUT2D eigenvalue weighted by Gasteiger charge is 2.21. The number of anilines is 2. The summed E-state index contributed by atoms with van der Waals surface area (Å²) in [7, 11) is 3.12. The summed E-state index contributed by atoms with van der Waals surface area (Å²) in [5.74, 6) is 0.431. The SMILES string of the molecule is COc1cc(CCC(=O)OCC(=O)Nc2cccc(N3CCCC3=O)c2)cc(OC)c1. The number of methoxy groups -OCH3 is 2. The Bertz CT molecular complexity index is 937. The lowest BCUT2D eigenvalue weighted by Gasteiger charge is -2.16. The molecule has 0 radical (unpaired) electrons. The van der Waals surface area contributed by atoms with Crippen LogP contribution in [0.25, 0.3) is 0 Å². The summed E-state index contributed by atoms with van der Waals surface area (Å²) in [4.78, 5) is 37.8. The number of aryl methyl sites for hydroxylation is 1. The van der Waals surface area contributed by atoms with E-state index in [4.69, 9.17) is 14.2 Å². The second-order valence-electron chi connectivity index (χ2n) is 7.13. The van der Waals surface area contributed by atoms with Crippen LogP contribution in [-0.2, 0) is 25.5 Å². The molecule has 164 valence electrons. The zero-order chi connectivity index (χ0) is 22.2. The number of hydrogen-bond acceptors (Lipinski definition) is 6. The van der Waals surface area contributed by atoms with Crippen LogP contribution in [0, 0.1) is 0 Å². The van der Waals surface area contributed by atoms with Crippen LogP contribution in [0.3, 0.4) is 0 Å². The minimum Gasteiger partial charge on any atom is -0.497 e. The first kappa shape index (κ1) is 22.1. The summed E-state index contributed by atoms with van der Waals surface area (Å²) in [6.45, 7) is 0.292. The van der Waals surface area contributed by atoms with Crippen LogP contribution >= 0.6 is 0 Å². The molecule has 31 heavy (non-hydrogen) atoms. The third-order valence-corrected chi connectivity index (χ3v) is 4.91. The smallest absolute Gasteiger partial charge is 0.306 e. The van der Waals surface area contributed by atoms with Gasteiger partial charge in [0.1, 0.15) is 11.5 Å². The van der Waals surface area contributed by atoms with Crippen LogP contribution in [-0.4, -0.2) is 45.2 Å². The number of ether oxygens (including phenoxy) is 3. The predicted octanol–water partition coefficient (Wildman–Crippen LogP) is 2.95. The zero-order valence-corrected chi connectivity index (χ0v) is 17.7. The van der Waals surface area contributed by atoms with Crippen molar-refractivity contribution in [1.82, 2.24) is 0 Å². The van der Waals surface area contributed by atoms with Gasteiger partial charge < -0.3 is 24.4 Å². The third-order valence-electron chi connectivity index (χ3n) is 4.91. The molecule has 0 aliphatic carbocycles. The summed E-state index contributed by atoms with van der Waals surface area (Å²) in [5.41, 5.74) is 2.15. The Morgan fingerprint density at radius 2 is 1.81 bits per heavy atom. The largest absolute Gasteiger partial charge is 0.497 e. The normalized spacial score (nSPS) is 13.1. The maximum Gasteiger partial charge on any atom is 0.306 e. The molecule has 1 aliphatic heterocycles. The van der Waals surface area contributed by atoms with Crippen LogP contribution in [0.4, 0.5) is 11.4 Å². The van der Waals surface area contributed by atoms with E-state index < -0.39 is 11.9 Å². The second-order valence-corrected chi connectivity index (χ2v) is 7.13. The van der Waals surface area contributed by atoms with Crippen molar-refractivity contribution >= 4 is 29.2 Å². The topological polar surface area (TPSA) is 94.2 Å². The summed E-state index contributed by atoms with van der Waals surface area (Å²) in [6.07, 6.45) is 1.92. The molecule has 2 amide bonds. The zero-order valence-electron chi connectivity index (χ0n) is 17.7. The fraction of sp³-hybridized carbons (Fsp3) is 0.348. The van der Waals surface area contributed by atoms with E-state index in [1.807, 2.05) is 18.2 Å². The lowest BCUT2D eigenvalue weighted by Crippen LogP contribution is -2.24. The van der Waals surface area contributed by atoms with Crippen molar-refractivity contribution < 1.29 is 28.6 Å². The molecule has 0 spiro atoms. The van der Waals surface area contributed by atoms with Crippen LogP contribution < -0.4 is 19.7 Å². The maximum atomic E-state index is 12.2. The summed E-state index contributed by atoms with van der Waals surface area (Å²) >= 11 is 0. The van der Waals surface area contributed by atoms with Gasteiger partial charge in [0.05, 0.1) is 14.2 Å². The van der Waals surface area contributed by atoms with E-state index in [0.29, 0.717) is 36.6 Å². The van der Waals surface area contributed by atoms with Crippen LogP contribution in [0.15, 0.2) is 42.5 Å². The maximum absolute atomic E-state index is 12.2. The van der Waals surface area contributed by atoms with E-state index in [0.717, 1.165) is 17.7 Å². The van der Waals surface area contributed by atoms with Crippen molar-refractivity contribution in [1.29, 1.82) is 0 Å². The summed E-state index contributed by atoms with van der Waals surface area (Å²) in [6, 6.07) is 12.4. The fourth-order valence-corrected chi connectivity index (χ4v) is 3.35. The Balaban J connectivity index is 1.46. The van der Waals surface area contributed by atoms with Gasteiger partial charge in [0, 0.05) is 36.8 Å². The van der Waals surface area contributed by atoms with Gasteiger partial charge in [-0.3, -0.25) is 14.4 Å². The summed E-state index contributed by atoms with van der Waals surface area (Å²) < 4.78 is 15.5. The van der Waals surface area contributed by atoms with Gasteiger partial charge in [0.15, 0.2) is 6.61 Å². The third kappa shape index (κ3) is 6.21. The molecule has 8 heteroatoms. The van der Waals surface area contributed by atoms with Gasteiger partial charge in [-0.1, -0.05) is 6.07 Å². The van der Waals surface area contributed by atoms with Crippen molar-refractivity contribution in [3.63, 3.8) is 0 Å². The first-order valence-corrected chi connectivity index (χ1v) is 10.1. The van der Waals surface area contributed by atoms with Crippen LogP contribution in [0.1, 0.15) is 24.8 Å². The van der Waals surface area contributed by atoms with Gasteiger partial charge in [0.2, 0.25) is 5.91 Å². The van der Waals surface area contributed by atoms with Crippen molar-refractivity contribution in [3.8, 4) is 11.5 Å². The van der Waals surface area contributed by atoms with Crippen molar-refractivity contribution in [2.45, 2.75) is 25.7 Å². The molecular formula is C23H26N2O6. The Hall–Kier alpha value is -3.55. The number of amides is 2. The molecule has 1 fully saturated rings. The van der Waals surface area contributed by atoms with Crippen molar-refractivity contribution in [3.05, 3.63) is 48.0 Å². The van der Waals surface area contributed by atoms with E-state index in [1.54, 1.807) is 43.4 Å². The second kappa shape index (κ2) is 10.5. The van der Waals surface area contributed by atoms with Crippen LogP contribution in [0.2, 0.25) is 0 Å². The minimum absolute atomic E-state index is 0.0751. The molecule has 0 atom stereocenters. The molecule has 8 nitrogen and oxygen atoms in total. The molecule has 0 unspecified atom stereocenters. The molecule has 2 aromatic carbocycles. The number of esters is 1. The van der Waals surface area contributed by atoms with Crippen molar-refractivity contribution in [2.24, 2.45) is 0 Å². The highest BCUT2D eigenvalue weighted by atomic mass is 16.5. The minimum atomic E-state index is -0.478. The van der Waals surface area contributed by atoms with E-state index in [2.05, 4.69) is 5.32 Å². The Morgan fingerprint density at radius 1 is 1.06 bits per heavy atom. The number of rotatable bonds is 9. The Labute approximate surface area is 181 Å². The van der Waals surface area contributed by atoms with Gasteiger partial charge in [0.25, 0.3) is 5.91 Å². The number of benzene rings is 2. The number of nitrogens with one attached hydrogen (secondary N) is 1. The average Bonchev–Trinajstić information content (AvgIpc) is 3.22. The lowest BCUT2D eigenvalue weighted by atomic mass is 10.1. The number of nitrogens with zero attached hydrogens (tertiary/aromatic N) is 1. The summed E-state index contributed by atoms with van der Waals surface area (Å²) in [5, 5.41) is 2.69. The first-order chi connectivity index (χ1) is 15.0. The molecule has 1 saturated heterocycles. The number of hydrogen-bond donors (Lipinski definition) is 1.